The zero-order chi connectivity index (χ0) is 12.8. The third kappa shape index (κ3) is 2.81. The molecule has 1 N–H and O–H groups in total. The Labute approximate surface area is 107 Å². The first-order valence-electron chi connectivity index (χ1n) is 6.10. The lowest BCUT2D eigenvalue weighted by molar-refractivity contribution is 0.0522. The molecule has 0 spiro atoms. The van der Waals surface area contributed by atoms with Crippen molar-refractivity contribution in [2.24, 2.45) is 0 Å². The number of fused-ring (bicyclic) bond motifs is 1. The minimum absolute atomic E-state index is 0.206. The maximum Gasteiger partial charge on any atom is 0.188 e. The van der Waals surface area contributed by atoms with E-state index >= 15 is 0 Å². The van der Waals surface area contributed by atoms with Gasteiger partial charge in [-0.05, 0) is 29.9 Å². The molecule has 3 nitrogen and oxygen atoms in total. The predicted octanol–water partition coefficient (Wildman–Crippen LogP) is 2.75. The normalized spacial score (nSPS) is 10.8. The highest BCUT2D eigenvalue weighted by molar-refractivity contribution is 5.91. The van der Waals surface area contributed by atoms with E-state index in [1.54, 1.807) is 7.11 Å². The van der Waals surface area contributed by atoms with Crippen LogP contribution in [0.2, 0.25) is 0 Å². The smallest absolute Gasteiger partial charge is 0.188 e. The van der Waals surface area contributed by atoms with Crippen molar-refractivity contribution in [2.45, 2.75) is 12.8 Å². The Balaban J connectivity index is 2.42. The summed E-state index contributed by atoms with van der Waals surface area (Å²) in [6.07, 6.45) is 1.61. The number of aliphatic hydroxyl groups excluding tert-OH is 1. The molecule has 0 aliphatic rings. The number of rotatable bonds is 6. The summed E-state index contributed by atoms with van der Waals surface area (Å²) in [7, 11) is 1.61. The van der Waals surface area contributed by atoms with Gasteiger partial charge in [0, 0.05) is 19.1 Å². The van der Waals surface area contributed by atoms with Crippen LogP contribution in [0.25, 0.3) is 10.8 Å². The molecular weight excluding hydrogens is 228 g/mol. The van der Waals surface area contributed by atoms with Crippen molar-refractivity contribution in [3.05, 3.63) is 42.0 Å². The molecule has 0 heterocycles. The van der Waals surface area contributed by atoms with Gasteiger partial charge >= 0.3 is 0 Å². The summed E-state index contributed by atoms with van der Waals surface area (Å²) in [4.78, 5) is 0. The van der Waals surface area contributed by atoms with Crippen LogP contribution in [0.4, 0.5) is 0 Å². The second kappa shape index (κ2) is 6.38. The van der Waals surface area contributed by atoms with E-state index in [0.717, 1.165) is 29.4 Å². The number of aryl methyl sites for hydroxylation is 1. The Kier molecular flexibility index (Phi) is 4.56. The zero-order valence-corrected chi connectivity index (χ0v) is 10.6. The fourth-order valence-electron chi connectivity index (χ4n) is 2.10. The molecule has 96 valence electrons. The van der Waals surface area contributed by atoms with Crippen LogP contribution < -0.4 is 4.74 Å². The van der Waals surface area contributed by atoms with Gasteiger partial charge < -0.3 is 14.6 Å². The van der Waals surface area contributed by atoms with Crippen LogP contribution >= 0.6 is 0 Å². The number of hydrogen-bond acceptors (Lipinski definition) is 3. The SMILES string of the molecule is COCOc1cccc2cccc(CCCO)c12. The quantitative estimate of drug-likeness (QED) is 0.796. The van der Waals surface area contributed by atoms with Crippen molar-refractivity contribution < 1.29 is 14.6 Å². The number of ether oxygens (including phenoxy) is 2. The van der Waals surface area contributed by atoms with Crippen LogP contribution in [-0.2, 0) is 11.2 Å². The summed E-state index contributed by atoms with van der Waals surface area (Å²) in [6, 6.07) is 12.2. The molecule has 0 amide bonds. The molecule has 0 aliphatic carbocycles. The van der Waals surface area contributed by atoms with E-state index in [1.165, 1.54) is 5.56 Å². The molecule has 3 heteroatoms. The predicted molar refractivity (Wildman–Crippen MR) is 71.9 cm³/mol. The molecule has 0 aliphatic heterocycles. The minimum Gasteiger partial charge on any atom is -0.467 e. The van der Waals surface area contributed by atoms with Crippen molar-refractivity contribution in [3.8, 4) is 5.75 Å². The number of aliphatic hydroxyl groups is 1. The summed E-state index contributed by atoms with van der Waals surface area (Å²) in [6.45, 7) is 0.449. The Morgan fingerprint density at radius 2 is 1.89 bits per heavy atom. The van der Waals surface area contributed by atoms with Gasteiger partial charge in [0.1, 0.15) is 5.75 Å². The first-order chi connectivity index (χ1) is 8.86. The molecule has 18 heavy (non-hydrogen) atoms. The van der Waals surface area contributed by atoms with Crippen LogP contribution in [0.1, 0.15) is 12.0 Å². The van der Waals surface area contributed by atoms with Crippen LogP contribution in [0.5, 0.6) is 5.75 Å². The molecule has 0 saturated heterocycles. The topological polar surface area (TPSA) is 38.7 Å². The van der Waals surface area contributed by atoms with E-state index in [1.807, 2.05) is 18.2 Å². The van der Waals surface area contributed by atoms with Gasteiger partial charge in [0.25, 0.3) is 0 Å². The molecule has 2 aromatic rings. The molecule has 0 bridgehead atoms. The van der Waals surface area contributed by atoms with Gasteiger partial charge in [0.2, 0.25) is 0 Å². The fourth-order valence-corrected chi connectivity index (χ4v) is 2.10. The van der Waals surface area contributed by atoms with Gasteiger partial charge in [-0.1, -0.05) is 30.3 Å². The molecule has 0 radical (unpaired) electrons. The second-order valence-corrected chi connectivity index (χ2v) is 4.15. The van der Waals surface area contributed by atoms with Crippen molar-refractivity contribution in [1.82, 2.24) is 0 Å². The zero-order valence-electron chi connectivity index (χ0n) is 10.6. The highest BCUT2D eigenvalue weighted by Crippen LogP contribution is 2.29. The molecule has 2 aromatic carbocycles. The Bertz CT molecular complexity index is 465. The van der Waals surface area contributed by atoms with Crippen molar-refractivity contribution in [2.75, 3.05) is 20.5 Å². The van der Waals surface area contributed by atoms with Crippen molar-refractivity contribution in [3.63, 3.8) is 0 Å². The van der Waals surface area contributed by atoms with Gasteiger partial charge in [0.15, 0.2) is 6.79 Å². The summed E-state index contributed by atoms with van der Waals surface area (Å²) < 4.78 is 10.6. The van der Waals surface area contributed by atoms with E-state index in [0.29, 0.717) is 0 Å². The first-order valence-corrected chi connectivity index (χ1v) is 6.10. The first kappa shape index (κ1) is 12.9. The van der Waals surface area contributed by atoms with Gasteiger partial charge in [-0.2, -0.15) is 0 Å². The van der Waals surface area contributed by atoms with Crippen LogP contribution in [0.3, 0.4) is 0 Å². The fraction of sp³-hybridized carbons (Fsp3) is 0.333. The standard InChI is InChI=1S/C15H18O3/c1-17-11-18-14-9-3-7-12-5-2-6-13(15(12)14)8-4-10-16/h2-3,5-7,9,16H,4,8,10-11H2,1H3. The number of benzene rings is 2. The Morgan fingerprint density at radius 1 is 1.11 bits per heavy atom. The Morgan fingerprint density at radius 3 is 2.61 bits per heavy atom. The molecule has 0 atom stereocenters. The van der Waals surface area contributed by atoms with Crippen molar-refractivity contribution >= 4 is 10.8 Å². The molecule has 2 rings (SSSR count). The maximum absolute atomic E-state index is 8.96. The summed E-state index contributed by atoms with van der Waals surface area (Å²) in [5.74, 6) is 0.836. The third-order valence-corrected chi connectivity index (χ3v) is 2.89. The average Bonchev–Trinajstić information content (AvgIpc) is 2.42. The lowest BCUT2D eigenvalue weighted by Crippen LogP contribution is -2.00. The van der Waals surface area contributed by atoms with E-state index in [4.69, 9.17) is 14.6 Å². The monoisotopic (exact) mass is 246 g/mol. The number of hydrogen-bond donors (Lipinski definition) is 1. The summed E-state index contributed by atoms with van der Waals surface area (Å²) in [5, 5.41) is 11.2. The summed E-state index contributed by atoms with van der Waals surface area (Å²) in [5.41, 5.74) is 1.20. The molecule has 0 aromatic heterocycles. The van der Waals surface area contributed by atoms with E-state index in [2.05, 4.69) is 18.2 Å². The lowest BCUT2D eigenvalue weighted by atomic mass is 10.0. The van der Waals surface area contributed by atoms with Crippen molar-refractivity contribution in [1.29, 1.82) is 0 Å². The van der Waals surface area contributed by atoms with Gasteiger partial charge in [-0.3, -0.25) is 0 Å². The maximum atomic E-state index is 8.96. The molecule has 0 unspecified atom stereocenters. The van der Waals surface area contributed by atoms with Gasteiger partial charge in [-0.25, -0.2) is 0 Å². The highest BCUT2D eigenvalue weighted by Gasteiger charge is 2.07. The van der Waals surface area contributed by atoms with Crippen LogP contribution in [-0.4, -0.2) is 25.6 Å². The summed E-state index contributed by atoms with van der Waals surface area (Å²) >= 11 is 0. The number of methoxy groups -OCH3 is 1. The third-order valence-electron chi connectivity index (χ3n) is 2.89. The Hall–Kier alpha value is -1.58. The lowest BCUT2D eigenvalue weighted by Gasteiger charge is -2.12. The van der Waals surface area contributed by atoms with Crippen LogP contribution in [0, 0.1) is 0 Å². The molecule has 0 saturated carbocycles. The average molecular weight is 246 g/mol. The molecular formula is C15H18O3. The minimum atomic E-state index is 0.206. The highest BCUT2D eigenvalue weighted by atomic mass is 16.7. The van der Waals surface area contributed by atoms with Crippen LogP contribution in [0.15, 0.2) is 36.4 Å². The largest absolute Gasteiger partial charge is 0.467 e. The van der Waals surface area contributed by atoms with E-state index in [9.17, 15) is 0 Å². The van der Waals surface area contributed by atoms with Gasteiger partial charge in [-0.15, -0.1) is 0 Å². The van der Waals surface area contributed by atoms with Gasteiger partial charge in [0.05, 0.1) is 0 Å². The van der Waals surface area contributed by atoms with E-state index in [-0.39, 0.29) is 13.4 Å². The molecule has 0 fully saturated rings. The second-order valence-electron chi connectivity index (χ2n) is 4.15. The van der Waals surface area contributed by atoms with E-state index < -0.39 is 0 Å².